The highest BCUT2D eigenvalue weighted by molar-refractivity contribution is 5.86. The van der Waals surface area contributed by atoms with Crippen LogP contribution in [0.15, 0.2) is 12.4 Å². The van der Waals surface area contributed by atoms with Gasteiger partial charge in [-0.2, -0.15) is 0 Å². The van der Waals surface area contributed by atoms with Gasteiger partial charge in [-0.25, -0.2) is 14.8 Å². The summed E-state index contributed by atoms with van der Waals surface area (Å²) in [6.45, 7) is 4.05. The number of carboxylic acid groups (broad SMARTS) is 1. The number of carbonyl (C=O) groups is 1. The van der Waals surface area contributed by atoms with Gasteiger partial charge in [-0.15, -0.1) is 0 Å². The smallest absolute Gasteiger partial charge is 0.338 e. The second-order valence-corrected chi connectivity index (χ2v) is 2.94. The summed E-state index contributed by atoms with van der Waals surface area (Å²) in [6, 6.07) is 0. The number of carboxylic acids is 1. The molecule has 0 spiro atoms. The van der Waals surface area contributed by atoms with Crippen molar-refractivity contribution in [3.8, 4) is 0 Å². The van der Waals surface area contributed by atoms with Crippen LogP contribution in [0.2, 0.25) is 0 Å². The Morgan fingerprint density at radius 2 is 2.08 bits per heavy atom. The molecule has 70 valence electrons. The largest absolute Gasteiger partial charge is 0.478 e. The summed E-state index contributed by atoms with van der Waals surface area (Å²) in [7, 11) is 0. The highest BCUT2D eigenvalue weighted by Crippen LogP contribution is 2.12. The lowest BCUT2D eigenvalue weighted by molar-refractivity contribution is 0.0696. The van der Waals surface area contributed by atoms with Crippen LogP contribution in [-0.4, -0.2) is 21.0 Å². The quantitative estimate of drug-likeness (QED) is 0.768. The van der Waals surface area contributed by atoms with E-state index in [4.69, 9.17) is 5.11 Å². The van der Waals surface area contributed by atoms with Gasteiger partial charge in [0.05, 0.1) is 5.56 Å². The number of aromatic carboxylic acids is 1. The average molecular weight is 180 g/mol. The Morgan fingerprint density at radius 3 is 2.46 bits per heavy atom. The van der Waals surface area contributed by atoms with E-state index >= 15 is 0 Å². The van der Waals surface area contributed by atoms with Crippen molar-refractivity contribution in [1.82, 2.24) is 9.97 Å². The molecule has 0 fully saturated rings. The molecule has 1 heterocycles. The van der Waals surface area contributed by atoms with Gasteiger partial charge in [-0.05, 0) is 6.42 Å². The third-order valence-corrected chi connectivity index (χ3v) is 1.97. The van der Waals surface area contributed by atoms with Gasteiger partial charge in [-0.1, -0.05) is 13.8 Å². The van der Waals surface area contributed by atoms with E-state index in [-0.39, 0.29) is 11.5 Å². The molecular weight excluding hydrogens is 168 g/mol. The minimum atomic E-state index is -0.990. The third kappa shape index (κ3) is 2.24. The molecule has 4 heteroatoms. The van der Waals surface area contributed by atoms with E-state index in [0.29, 0.717) is 5.82 Å². The first kappa shape index (κ1) is 9.64. The molecule has 0 aliphatic heterocycles. The normalized spacial score (nSPS) is 12.5. The number of hydrogen-bond donors (Lipinski definition) is 1. The van der Waals surface area contributed by atoms with E-state index in [9.17, 15) is 4.79 Å². The molecule has 4 nitrogen and oxygen atoms in total. The summed E-state index contributed by atoms with van der Waals surface area (Å²) >= 11 is 0. The minimum Gasteiger partial charge on any atom is -0.478 e. The standard InChI is InChI=1S/C9H12N2O2/c1-3-6(2)8-10-4-7(5-11-8)9(12)13/h4-6H,3H2,1-2H3,(H,12,13). The van der Waals surface area contributed by atoms with E-state index in [1.807, 2.05) is 13.8 Å². The van der Waals surface area contributed by atoms with Gasteiger partial charge in [0, 0.05) is 18.3 Å². The van der Waals surface area contributed by atoms with E-state index in [1.54, 1.807) is 0 Å². The summed E-state index contributed by atoms with van der Waals surface area (Å²) in [4.78, 5) is 18.4. The van der Waals surface area contributed by atoms with Crippen LogP contribution in [0.25, 0.3) is 0 Å². The highest BCUT2D eigenvalue weighted by atomic mass is 16.4. The lowest BCUT2D eigenvalue weighted by Crippen LogP contribution is -2.03. The van der Waals surface area contributed by atoms with E-state index in [1.165, 1.54) is 12.4 Å². The first-order valence-electron chi connectivity index (χ1n) is 4.20. The van der Waals surface area contributed by atoms with Crippen molar-refractivity contribution in [2.75, 3.05) is 0 Å². The van der Waals surface area contributed by atoms with E-state index in [0.717, 1.165) is 6.42 Å². The monoisotopic (exact) mass is 180 g/mol. The molecule has 1 rings (SSSR count). The molecule has 0 aliphatic rings. The summed E-state index contributed by atoms with van der Waals surface area (Å²) < 4.78 is 0. The maximum absolute atomic E-state index is 10.5. The van der Waals surface area contributed by atoms with Crippen molar-refractivity contribution in [3.63, 3.8) is 0 Å². The van der Waals surface area contributed by atoms with Gasteiger partial charge in [0.1, 0.15) is 5.82 Å². The van der Waals surface area contributed by atoms with Crippen LogP contribution in [0.5, 0.6) is 0 Å². The minimum absolute atomic E-state index is 0.132. The molecule has 1 atom stereocenters. The summed E-state index contributed by atoms with van der Waals surface area (Å²) in [5, 5.41) is 8.59. The van der Waals surface area contributed by atoms with Gasteiger partial charge < -0.3 is 5.11 Å². The predicted octanol–water partition coefficient (Wildman–Crippen LogP) is 1.69. The molecule has 0 amide bonds. The highest BCUT2D eigenvalue weighted by Gasteiger charge is 2.08. The Hall–Kier alpha value is -1.45. The van der Waals surface area contributed by atoms with Gasteiger partial charge in [0.2, 0.25) is 0 Å². The number of rotatable bonds is 3. The van der Waals surface area contributed by atoms with Crippen LogP contribution >= 0.6 is 0 Å². The van der Waals surface area contributed by atoms with Gasteiger partial charge in [0.25, 0.3) is 0 Å². The molecule has 1 aromatic heterocycles. The lowest BCUT2D eigenvalue weighted by atomic mass is 10.1. The van der Waals surface area contributed by atoms with Crippen LogP contribution < -0.4 is 0 Å². The van der Waals surface area contributed by atoms with Gasteiger partial charge in [0.15, 0.2) is 0 Å². The van der Waals surface area contributed by atoms with Gasteiger partial charge in [-0.3, -0.25) is 0 Å². The maximum Gasteiger partial charge on any atom is 0.338 e. The van der Waals surface area contributed by atoms with Crippen molar-refractivity contribution in [1.29, 1.82) is 0 Å². The molecule has 0 aliphatic carbocycles. The summed E-state index contributed by atoms with van der Waals surface area (Å²) in [6.07, 6.45) is 3.64. The van der Waals surface area contributed by atoms with Gasteiger partial charge >= 0.3 is 5.97 Å². The SMILES string of the molecule is CCC(C)c1ncc(C(=O)O)cn1. The fraction of sp³-hybridized carbons (Fsp3) is 0.444. The number of hydrogen-bond acceptors (Lipinski definition) is 3. The fourth-order valence-corrected chi connectivity index (χ4v) is 0.886. The molecule has 1 aromatic rings. The zero-order valence-electron chi connectivity index (χ0n) is 7.69. The van der Waals surface area contributed by atoms with Crippen molar-refractivity contribution < 1.29 is 9.90 Å². The Bertz CT molecular complexity index is 295. The topological polar surface area (TPSA) is 63.1 Å². The lowest BCUT2D eigenvalue weighted by Gasteiger charge is -2.05. The molecule has 1 unspecified atom stereocenters. The van der Waals surface area contributed by atoms with Crippen LogP contribution in [0.3, 0.4) is 0 Å². The second-order valence-electron chi connectivity index (χ2n) is 2.94. The van der Waals surface area contributed by atoms with Crippen LogP contribution in [0.4, 0.5) is 0 Å². The zero-order chi connectivity index (χ0) is 9.84. The molecule has 0 aromatic carbocycles. The number of aromatic nitrogens is 2. The molecule has 0 bridgehead atoms. The van der Waals surface area contributed by atoms with Crippen molar-refractivity contribution in [3.05, 3.63) is 23.8 Å². The summed E-state index contributed by atoms with van der Waals surface area (Å²) in [5.74, 6) is -0.00829. The maximum atomic E-state index is 10.5. The zero-order valence-corrected chi connectivity index (χ0v) is 7.69. The average Bonchev–Trinajstić information content (AvgIpc) is 2.17. The molecule has 0 saturated carbocycles. The van der Waals surface area contributed by atoms with Crippen LogP contribution in [0.1, 0.15) is 42.4 Å². The van der Waals surface area contributed by atoms with Crippen LogP contribution in [-0.2, 0) is 0 Å². The van der Waals surface area contributed by atoms with E-state index < -0.39 is 5.97 Å². The Morgan fingerprint density at radius 1 is 1.54 bits per heavy atom. The van der Waals surface area contributed by atoms with Crippen LogP contribution in [0, 0.1) is 0 Å². The van der Waals surface area contributed by atoms with Crippen molar-refractivity contribution in [2.45, 2.75) is 26.2 Å². The Labute approximate surface area is 76.7 Å². The first-order valence-corrected chi connectivity index (χ1v) is 4.20. The van der Waals surface area contributed by atoms with Crippen molar-refractivity contribution in [2.24, 2.45) is 0 Å². The Kier molecular flexibility index (Phi) is 2.95. The van der Waals surface area contributed by atoms with E-state index in [2.05, 4.69) is 9.97 Å². The fourth-order valence-electron chi connectivity index (χ4n) is 0.886. The Balaban J connectivity index is 2.87. The molecule has 0 radical (unpaired) electrons. The summed E-state index contributed by atoms with van der Waals surface area (Å²) in [5.41, 5.74) is 0.132. The third-order valence-electron chi connectivity index (χ3n) is 1.97. The molecule has 13 heavy (non-hydrogen) atoms. The number of nitrogens with zero attached hydrogens (tertiary/aromatic N) is 2. The predicted molar refractivity (Wildman–Crippen MR) is 47.7 cm³/mol. The second kappa shape index (κ2) is 3.98. The molecule has 0 saturated heterocycles. The van der Waals surface area contributed by atoms with Crippen molar-refractivity contribution >= 4 is 5.97 Å². The first-order chi connectivity index (χ1) is 6.15. The molecule has 1 N–H and O–H groups in total. The molecular formula is C9H12N2O2.